The highest BCUT2D eigenvalue weighted by atomic mass is 19.1. The highest BCUT2D eigenvalue weighted by Crippen LogP contribution is 2.35. The molecule has 0 amide bonds. The summed E-state index contributed by atoms with van der Waals surface area (Å²) in [4.78, 5) is 11.1. The maximum Gasteiger partial charge on any atom is 0.127 e. The largest absolute Gasteiger partial charge is 0.303 e. The lowest BCUT2D eigenvalue weighted by atomic mass is 9.86. The molecule has 1 aromatic carbocycles. The first-order valence-corrected chi connectivity index (χ1v) is 5.52. The lowest BCUT2D eigenvalue weighted by molar-refractivity contribution is -0.110. The number of carbonyl (C=O) groups is 1. The first-order chi connectivity index (χ1) is 7.31. The average Bonchev–Trinajstić information content (AvgIpc) is 2.75. The minimum atomic E-state index is -0.241. The number of benzene rings is 1. The average molecular weight is 206 g/mol. The second-order valence-corrected chi connectivity index (χ2v) is 4.26. The molecule has 1 unspecified atom stereocenters. The normalized spacial score (nSPS) is 19.0. The number of halogens is 1. The fourth-order valence-electron chi connectivity index (χ4n) is 2.46. The monoisotopic (exact) mass is 206 g/mol. The van der Waals surface area contributed by atoms with Crippen LogP contribution in [0.25, 0.3) is 0 Å². The first-order valence-electron chi connectivity index (χ1n) is 5.52. The summed E-state index contributed by atoms with van der Waals surface area (Å²) in [5, 5.41) is 0. The first kappa shape index (κ1) is 10.3. The maximum atomic E-state index is 12.7. The zero-order chi connectivity index (χ0) is 10.7. The fourth-order valence-corrected chi connectivity index (χ4v) is 2.46. The van der Waals surface area contributed by atoms with Crippen molar-refractivity contribution in [3.05, 3.63) is 35.6 Å². The highest BCUT2D eigenvalue weighted by molar-refractivity contribution is 5.62. The lowest BCUT2D eigenvalue weighted by Crippen LogP contribution is -2.11. The van der Waals surface area contributed by atoms with E-state index in [1.165, 1.54) is 25.0 Å². The van der Waals surface area contributed by atoms with Gasteiger partial charge in [0.15, 0.2) is 0 Å². The number of hydrogen-bond acceptors (Lipinski definition) is 1. The summed E-state index contributed by atoms with van der Waals surface area (Å²) in [5.41, 5.74) is 0.957. The third-order valence-corrected chi connectivity index (χ3v) is 3.31. The third-order valence-electron chi connectivity index (χ3n) is 3.31. The standard InChI is InChI=1S/C13H15FO/c14-12-7-5-11(6-8-12)13(9-15)10-3-1-2-4-10/h5-10,13H,1-4H2. The summed E-state index contributed by atoms with van der Waals surface area (Å²) in [6.45, 7) is 0. The second kappa shape index (κ2) is 4.56. The van der Waals surface area contributed by atoms with E-state index in [1.807, 2.05) is 0 Å². The van der Waals surface area contributed by atoms with Crippen LogP contribution in [0, 0.1) is 11.7 Å². The van der Waals surface area contributed by atoms with Crippen LogP contribution in [0.15, 0.2) is 24.3 Å². The van der Waals surface area contributed by atoms with Gasteiger partial charge in [-0.15, -0.1) is 0 Å². The van der Waals surface area contributed by atoms with E-state index in [1.54, 1.807) is 12.1 Å². The van der Waals surface area contributed by atoms with Crippen molar-refractivity contribution in [2.24, 2.45) is 5.92 Å². The summed E-state index contributed by atoms with van der Waals surface area (Å²) in [6, 6.07) is 6.32. The number of carbonyl (C=O) groups excluding carboxylic acids is 1. The van der Waals surface area contributed by atoms with Gasteiger partial charge in [0.25, 0.3) is 0 Å². The molecule has 0 aliphatic heterocycles. The molecule has 0 spiro atoms. The Hall–Kier alpha value is -1.18. The Morgan fingerprint density at radius 2 is 1.80 bits per heavy atom. The van der Waals surface area contributed by atoms with Crippen LogP contribution in [-0.2, 0) is 4.79 Å². The Bertz CT molecular complexity index is 325. The van der Waals surface area contributed by atoms with E-state index in [0.717, 1.165) is 24.7 Å². The van der Waals surface area contributed by atoms with Gasteiger partial charge in [-0.05, 0) is 36.5 Å². The number of hydrogen-bond donors (Lipinski definition) is 0. The molecule has 2 rings (SSSR count). The SMILES string of the molecule is O=CC(c1ccc(F)cc1)C1CCCC1. The van der Waals surface area contributed by atoms with E-state index < -0.39 is 0 Å². The molecule has 0 saturated heterocycles. The van der Waals surface area contributed by atoms with Crippen LogP contribution in [0.4, 0.5) is 4.39 Å². The molecule has 80 valence electrons. The molecule has 1 fully saturated rings. The Kier molecular flexibility index (Phi) is 3.14. The molecule has 1 aliphatic carbocycles. The van der Waals surface area contributed by atoms with Crippen molar-refractivity contribution in [2.45, 2.75) is 31.6 Å². The molecule has 0 heterocycles. The zero-order valence-electron chi connectivity index (χ0n) is 8.66. The van der Waals surface area contributed by atoms with Crippen LogP contribution >= 0.6 is 0 Å². The Labute approximate surface area is 89.3 Å². The van der Waals surface area contributed by atoms with Crippen molar-refractivity contribution in [3.8, 4) is 0 Å². The Morgan fingerprint density at radius 1 is 1.20 bits per heavy atom. The highest BCUT2D eigenvalue weighted by Gasteiger charge is 2.25. The van der Waals surface area contributed by atoms with Crippen LogP contribution in [0.3, 0.4) is 0 Å². The van der Waals surface area contributed by atoms with E-state index >= 15 is 0 Å². The van der Waals surface area contributed by atoms with E-state index in [4.69, 9.17) is 0 Å². The molecule has 0 bridgehead atoms. The summed E-state index contributed by atoms with van der Waals surface area (Å²) >= 11 is 0. The van der Waals surface area contributed by atoms with Gasteiger partial charge in [-0.3, -0.25) is 0 Å². The Morgan fingerprint density at radius 3 is 2.33 bits per heavy atom. The minimum Gasteiger partial charge on any atom is -0.303 e. The summed E-state index contributed by atoms with van der Waals surface area (Å²) in [7, 11) is 0. The molecule has 1 saturated carbocycles. The van der Waals surface area contributed by atoms with E-state index in [2.05, 4.69) is 0 Å². The quantitative estimate of drug-likeness (QED) is 0.693. The zero-order valence-corrected chi connectivity index (χ0v) is 8.66. The van der Waals surface area contributed by atoms with Gasteiger partial charge in [0.2, 0.25) is 0 Å². The van der Waals surface area contributed by atoms with E-state index in [-0.39, 0.29) is 11.7 Å². The topological polar surface area (TPSA) is 17.1 Å². The van der Waals surface area contributed by atoms with Crippen LogP contribution in [0.1, 0.15) is 37.2 Å². The number of rotatable bonds is 3. The molecule has 0 radical (unpaired) electrons. The summed E-state index contributed by atoms with van der Waals surface area (Å²) in [5.74, 6) is 0.191. The number of aldehydes is 1. The lowest BCUT2D eigenvalue weighted by Gasteiger charge is -2.17. The van der Waals surface area contributed by atoms with Gasteiger partial charge in [-0.25, -0.2) is 4.39 Å². The minimum absolute atomic E-state index is 0.0342. The molecule has 1 atom stereocenters. The van der Waals surface area contributed by atoms with Gasteiger partial charge >= 0.3 is 0 Å². The van der Waals surface area contributed by atoms with Crippen molar-refractivity contribution < 1.29 is 9.18 Å². The molecule has 0 aromatic heterocycles. The third kappa shape index (κ3) is 2.25. The fraction of sp³-hybridized carbons (Fsp3) is 0.462. The molecular formula is C13H15FO. The van der Waals surface area contributed by atoms with Crippen molar-refractivity contribution in [1.29, 1.82) is 0 Å². The smallest absolute Gasteiger partial charge is 0.127 e. The predicted molar refractivity (Wildman–Crippen MR) is 57.2 cm³/mol. The van der Waals surface area contributed by atoms with Crippen LogP contribution in [0.5, 0.6) is 0 Å². The van der Waals surface area contributed by atoms with Gasteiger partial charge in [0.05, 0.1) is 0 Å². The van der Waals surface area contributed by atoms with E-state index in [0.29, 0.717) is 5.92 Å². The van der Waals surface area contributed by atoms with Gasteiger partial charge in [-0.2, -0.15) is 0 Å². The summed E-state index contributed by atoms with van der Waals surface area (Å²) in [6.07, 6.45) is 5.71. The maximum absolute atomic E-state index is 12.7. The van der Waals surface area contributed by atoms with Crippen molar-refractivity contribution in [3.63, 3.8) is 0 Å². The predicted octanol–water partition coefficient (Wildman–Crippen LogP) is 3.30. The van der Waals surface area contributed by atoms with Crippen LogP contribution in [-0.4, -0.2) is 6.29 Å². The van der Waals surface area contributed by atoms with Crippen LogP contribution in [0.2, 0.25) is 0 Å². The second-order valence-electron chi connectivity index (χ2n) is 4.26. The van der Waals surface area contributed by atoms with Gasteiger partial charge in [0.1, 0.15) is 12.1 Å². The molecule has 1 aromatic rings. The van der Waals surface area contributed by atoms with Crippen molar-refractivity contribution in [1.82, 2.24) is 0 Å². The summed E-state index contributed by atoms with van der Waals surface area (Å²) < 4.78 is 12.7. The van der Waals surface area contributed by atoms with Crippen molar-refractivity contribution in [2.75, 3.05) is 0 Å². The Balaban J connectivity index is 2.18. The van der Waals surface area contributed by atoms with E-state index in [9.17, 15) is 9.18 Å². The molecule has 0 N–H and O–H groups in total. The molecule has 1 nitrogen and oxygen atoms in total. The van der Waals surface area contributed by atoms with Gasteiger partial charge < -0.3 is 4.79 Å². The van der Waals surface area contributed by atoms with Gasteiger partial charge in [-0.1, -0.05) is 25.0 Å². The molecular weight excluding hydrogens is 191 g/mol. The molecule has 2 heteroatoms. The van der Waals surface area contributed by atoms with Crippen molar-refractivity contribution >= 4 is 6.29 Å². The van der Waals surface area contributed by atoms with Gasteiger partial charge in [0, 0.05) is 5.92 Å². The molecule has 15 heavy (non-hydrogen) atoms. The van der Waals surface area contributed by atoms with Crippen LogP contribution < -0.4 is 0 Å². The molecule has 1 aliphatic rings.